The number of carbonyl (C=O) groups excluding carboxylic acids is 2. The summed E-state index contributed by atoms with van der Waals surface area (Å²) >= 11 is 1.14. The van der Waals surface area contributed by atoms with E-state index in [-0.39, 0.29) is 24.5 Å². The number of nitrogens with one attached hydrogen (secondary N) is 1. The Balaban J connectivity index is 1.52. The van der Waals surface area contributed by atoms with Crippen LogP contribution in [0.25, 0.3) is 6.08 Å². The maximum Gasteiger partial charge on any atom is 0.344 e. The standard InChI is InChI=1S/C29H35NO8S/c1-3-12-34-13-14-35-15-16-36-17-18-38-24-11-10-21(19-23(24)31)20-25-27(32)26(29(33)37-4-2)28(39-25)30-22-8-6-5-7-9-22/h5-11,19-20,30-31H,3-4,12-18H2,1-2H3/b25-20-. The molecular weight excluding hydrogens is 522 g/mol. The fraction of sp³-hybridized carbons (Fsp3) is 0.379. The molecule has 0 fully saturated rings. The number of rotatable bonds is 17. The molecule has 0 saturated carbocycles. The number of thioether (sulfide) groups is 1. The van der Waals surface area contributed by atoms with Crippen LogP contribution in [0.1, 0.15) is 25.8 Å². The molecular formula is C29H35NO8S. The smallest absolute Gasteiger partial charge is 0.344 e. The van der Waals surface area contributed by atoms with Crippen molar-refractivity contribution in [2.45, 2.75) is 20.3 Å². The Bertz CT molecular complexity index is 1150. The number of phenolic OH excluding ortho intramolecular Hbond substituents is 1. The van der Waals surface area contributed by atoms with Gasteiger partial charge in [-0.1, -0.05) is 43.0 Å². The molecule has 0 saturated heterocycles. The summed E-state index contributed by atoms with van der Waals surface area (Å²) in [6.45, 7) is 7.24. The summed E-state index contributed by atoms with van der Waals surface area (Å²) in [5.41, 5.74) is 1.27. The van der Waals surface area contributed by atoms with Gasteiger partial charge in [-0.15, -0.1) is 0 Å². The molecule has 0 aliphatic carbocycles. The van der Waals surface area contributed by atoms with Crippen LogP contribution < -0.4 is 10.1 Å². The average Bonchev–Trinajstić information content (AvgIpc) is 3.23. The van der Waals surface area contributed by atoms with E-state index >= 15 is 0 Å². The van der Waals surface area contributed by atoms with E-state index in [0.717, 1.165) is 30.5 Å². The maximum atomic E-state index is 13.1. The van der Waals surface area contributed by atoms with E-state index in [4.69, 9.17) is 23.7 Å². The number of allylic oxidation sites excluding steroid dienone is 1. The lowest BCUT2D eigenvalue weighted by Gasteiger charge is -2.10. The van der Waals surface area contributed by atoms with E-state index in [1.54, 1.807) is 25.1 Å². The molecule has 1 aliphatic heterocycles. The minimum atomic E-state index is -0.682. The zero-order valence-electron chi connectivity index (χ0n) is 22.3. The van der Waals surface area contributed by atoms with Gasteiger partial charge in [0, 0.05) is 12.3 Å². The molecule has 210 valence electrons. The molecule has 0 bridgehead atoms. The highest BCUT2D eigenvalue weighted by Crippen LogP contribution is 2.41. The van der Waals surface area contributed by atoms with Gasteiger partial charge in [0.25, 0.3) is 0 Å². The molecule has 2 aromatic rings. The van der Waals surface area contributed by atoms with Gasteiger partial charge in [-0.3, -0.25) is 4.79 Å². The lowest BCUT2D eigenvalue weighted by Crippen LogP contribution is -2.16. The second-order valence-corrected chi connectivity index (χ2v) is 9.32. The maximum absolute atomic E-state index is 13.1. The van der Waals surface area contributed by atoms with Crippen molar-refractivity contribution in [3.05, 3.63) is 69.6 Å². The molecule has 39 heavy (non-hydrogen) atoms. The third kappa shape index (κ3) is 9.74. The number of anilines is 1. The van der Waals surface area contributed by atoms with Crippen LogP contribution in [0.5, 0.6) is 11.5 Å². The highest BCUT2D eigenvalue weighted by atomic mass is 32.2. The highest BCUT2D eigenvalue weighted by Gasteiger charge is 2.35. The van der Waals surface area contributed by atoms with E-state index < -0.39 is 11.8 Å². The summed E-state index contributed by atoms with van der Waals surface area (Å²) in [5.74, 6) is -0.895. The van der Waals surface area contributed by atoms with Crippen molar-refractivity contribution in [1.82, 2.24) is 0 Å². The van der Waals surface area contributed by atoms with Crippen LogP contribution >= 0.6 is 11.8 Å². The van der Waals surface area contributed by atoms with Gasteiger partial charge in [-0.05, 0) is 49.2 Å². The average molecular weight is 558 g/mol. The van der Waals surface area contributed by atoms with Crippen molar-refractivity contribution >= 4 is 35.3 Å². The summed E-state index contributed by atoms with van der Waals surface area (Å²) in [6, 6.07) is 14.1. The van der Waals surface area contributed by atoms with E-state index in [1.165, 1.54) is 6.07 Å². The van der Waals surface area contributed by atoms with E-state index in [9.17, 15) is 14.7 Å². The van der Waals surface area contributed by atoms with Crippen LogP contribution in [-0.4, -0.2) is 69.7 Å². The number of para-hydroxylation sites is 1. The molecule has 0 spiro atoms. The van der Waals surface area contributed by atoms with Crippen LogP contribution in [0.4, 0.5) is 5.69 Å². The number of phenols is 1. The Morgan fingerprint density at radius 3 is 2.23 bits per heavy atom. The van der Waals surface area contributed by atoms with Crippen molar-refractivity contribution in [3.63, 3.8) is 0 Å². The first-order valence-electron chi connectivity index (χ1n) is 12.9. The van der Waals surface area contributed by atoms with Crippen LogP contribution in [0.2, 0.25) is 0 Å². The van der Waals surface area contributed by atoms with Gasteiger partial charge in [-0.25, -0.2) is 4.79 Å². The number of ketones is 1. The number of carbonyl (C=O) groups is 2. The summed E-state index contributed by atoms with van der Waals surface area (Å²) in [5, 5.41) is 14.0. The Morgan fingerprint density at radius 2 is 1.59 bits per heavy atom. The van der Waals surface area contributed by atoms with Crippen LogP contribution in [0.15, 0.2) is 64.0 Å². The molecule has 2 N–H and O–H groups in total. The Labute approximate surface area is 233 Å². The SMILES string of the molecule is CCCOCCOCCOCCOc1ccc(/C=C2\SC(Nc3ccccc3)=C(C(=O)OCC)C2=O)cc1O. The number of Topliss-reactive ketones (excluding diaryl/α,β-unsaturated/α-hetero) is 1. The second kappa shape index (κ2) is 16.6. The summed E-state index contributed by atoms with van der Waals surface area (Å²) in [6.07, 6.45) is 2.60. The molecule has 0 aromatic heterocycles. The fourth-order valence-corrected chi connectivity index (χ4v) is 4.51. The molecule has 9 nitrogen and oxygen atoms in total. The lowest BCUT2D eigenvalue weighted by molar-refractivity contribution is -0.139. The molecule has 0 atom stereocenters. The van der Waals surface area contributed by atoms with Gasteiger partial charge in [0.2, 0.25) is 5.78 Å². The molecule has 3 rings (SSSR count). The minimum absolute atomic E-state index is 0.0450. The predicted molar refractivity (Wildman–Crippen MR) is 151 cm³/mol. The zero-order chi connectivity index (χ0) is 27.9. The van der Waals surface area contributed by atoms with Crippen molar-refractivity contribution < 1.29 is 38.4 Å². The summed E-state index contributed by atoms with van der Waals surface area (Å²) in [4.78, 5) is 26.0. The van der Waals surface area contributed by atoms with Gasteiger partial charge in [0.1, 0.15) is 12.2 Å². The molecule has 1 heterocycles. The number of hydrogen-bond donors (Lipinski definition) is 2. The minimum Gasteiger partial charge on any atom is -0.504 e. The first-order chi connectivity index (χ1) is 19.0. The van der Waals surface area contributed by atoms with Crippen molar-refractivity contribution in [2.75, 3.05) is 58.2 Å². The Morgan fingerprint density at radius 1 is 0.923 bits per heavy atom. The number of benzene rings is 2. The van der Waals surface area contributed by atoms with Gasteiger partial charge >= 0.3 is 5.97 Å². The fourth-order valence-electron chi connectivity index (χ4n) is 3.45. The quantitative estimate of drug-likeness (QED) is 0.122. The molecule has 10 heteroatoms. The number of esters is 1. The van der Waals surface area contributed by atoms with Crippen molar-refractivity contribution in [2.24, 2.45) is 0 Å². The molecule has 2 aromatic carbocycles. The van der Waals surface area contributed by atoms with Crippen molar-refractivity contribution in [1.29, 1.82) is 0 Å². The van der Waals surface area contributed by atoms with E-state index in [2.05, 4.69) is 12.2 Å². The first-order valence-corrected chi connectivity index (χ1v) is 13.7. The number of hydrogen-bond acceptors (Lipinski definition) is 10. The third-order valence-electron chi connectivity index (χ3n) is 5.26. The summed E-state index contributed by atoms with van der Waals surface area (Å²) in [7, 11) is 0. The molecule has 0 unspecified atom stereocenters. The summed E-state index contributed by atoms with van der Waals surface area (Å²) < 4.78 is 26.9. The number of aromatic hydroxyl groups is 1. The van der Waals surface area contributed by atoms with Gasteiger partial charge in [-0.2, -0.15) is 0 Å². The van der Waals surface area contributed by atoms with Crippen molar-refractivity contribution in [3.8, 4) is 11.5 Å². The van der Waals surface area contributed by atoms with Crippen LogP contribution in [-0.2, 0) is 28.5 Å². The first kappa shape index (κ1) is 30.2. The van der Waals surface area contributed by atoms with Gasteiger partial charge in [0.05, 0.1) is 49.6 Å². The molecule has 1 aliphatic rings. The van der Waals surface area contributed by atoms with E-state index in [1.807, 2.05) is 30.3 Å². The van der Waals surface area contributed by atoms with Gasteiger partial charge < -0.3 is 34.1 Å². The highest BCUT2D eigenvalue weighted by molar-refractivity contribution is 8.08. The lowest BCUT2D eigenvalue weighted by atomic mass is 10.1. The third-order valence-corrected chi connectivity index (χ3v) is 6.29. The molecule has 0 amide bonds. The number of ether oxygens (including phenoxy) is 5. The Hall–Kier alpha value is -3.31. The van der Waals surface area contributed by atoms with Gasteiger partial charge in [0.15, 0.2) is 11.5 Å². The normalized spacial score (nSPS) is 14.2. The second-order valence-electron chi connectivity index (χ2n) is 8.27. The van der Waals surface area contributed by atoms with Crippen LogP contribution in [0, 0.1) is 0 Å². The van der Waals surface area contributed by atoms with Crippen LogP contribution in [0.3, 0.4) is 0 Å². The molecule has 0 radical (unpaired) electrons. The topological polar surface area (TPSA) is 113 Å². The monoisotopic (exact) mass is 557 g/mol. The largest absolute Gasteiger partial charge is 0.504 e. The van der Waals surface area contributed by atoms with E-state index in [0.29, 0.717) is 54.3 Å². The predicted octanol–water partition coefficient (Wildman–Crippen LogP) is 4.77. The zero-order valence-corrected chi connectivity index (χ0v) is 23.1. The Kier molecular flexibility index (Phi) is 12.9.